The Morgan fingerprint density at radius 3 is 2.62 bits per heavy atom. The average Bonchev–Trinajstić information content (AvgIpc) is 2.81. The minimum absolute atomic E-state index is 0.0792. The first kappa shape index (κ1) is 24.8. The van der Waals surface area contributed by atoms with Crippen LogP contribution >= 0.6 is 23.4 Å². The molecule has 2 aromatic rings. The molecule has 3 heterocycles. The van der Waals surface area contributed by atoms with E-state index in [1.54, 1.807) is 6.07 Å². The minimum atomic E-state index is 0.0792. The lowest BCUT2D eigenvalue weighted by Gasteiger charge is -2.40. The van der Waals surface area contributed by atoms with Crippen LogP contribution in [-0.4, -0.2) is 69.6 Å². The molecule has 1 unspecified atom stereocenters. The highest BCUT2D eigenvalue weighted by molar-refractivity contribution is 7.99. The summed E-state index contributed by atoms with van der Waals surface area (Å²) < 4.78 is 0. The second-order valence-electron chi connectivity index (χ2n) is 9.43. The van der Waals surface area contributed by atoms with Crippen LogP contribution in [0.5, 0.6) is 0 Å². The van der Waals surface area contributed by atoms with Gasteiger partial charge in [0.2, 0.25) is 11.8 Å². The zero-order chi connectivity index (χ0) is 24.2. The number of anilines is 1. The number of aromatic nitrogens is 2. The van der Waals surface area contributed by atoms with Crippen LogP contribution in [0.25, 0.3) is 0 Å². The molecule has 0 bridgehead atoms. The van der Waals surface area contributed by atoms with Crippen molar-refractivity contribution in [2.45, 2.75) is 51.4 Å². The van der Waals surface area contributed by atoms with Crippen molar-refractivity contribution in [1.82, 2.24) is 19.8 Å². The van der Waals surface area contributed by atoms with Crippen molar-refractivity contribution in [3.63, 3.8) is 0 Å². The molecule has 0 aliphatic carbocycles. The van der Waals surface area contributed by atoms with E-state index < -0.39 is 0 Å². The summed E-state index contributed by atoms with van der Waals surface area (Å²) in [5.74, 6) is 1.65. The number of carbonyl (C=O) groups excluding carboxylic acids is 2. The van der Waals surface area contributed by atoms with Crippen molar-refractivity contribution < 1.29 is 9.59 Å². The monoisotopic (exact) mass is 501 g/mol. The van der Waals surface area contributed by atoms with E-state index in [9.17, 15) is 9.59 Å². The van der Waals surface area contributed by atoms with Crippen LogP contribution in [0.2, 0.25) is 5.15 Å². The van der Waals surface area contributed by atoms with E-state index in [0.29, 0.717) is 48.8 Å². The summed E-state index contributed by atoms with van der Waals surface area (Å²) in [6, 6.07) is 10.1. The van der Waals surface area contributed by atoms with Crippen molar-refractivity contribution in [2.75, 3.05) is 36.8 Å². The van der Waals surface area contributed by atoms with E-state index in [0.717, 1.165) is 18.8 Å². The quantitative estimate of drug-likeness (QED) is 0.340. The van der Waals surface area contributed by atoms with E-state index >= 15 is 0 Å². The van der Waals surface area contributed by atoms with Crippen LogP contribution in [0.1, 0.15) is 38.3 Å². The molecule has 0 radical (unpaired) electrons. The van der Waals surface area contributed by atoms with Gasteiger partial charge in [-0.05, 0) is 30.4 Å². The second-order valence-corrected chi connectivity index (χ2v) is 10.8. The first-order valence-electron chi connectivity index (χ1n) is 11.9. The molecule has 0 saturated carbocycles. The van der Waals surface area contributed by atoms with Gasteiger partial charge in [0, 0.05) is 51.3 Å². The summed E-state index contributed by atoms with van der Waals surface area (Å²) in [4.78, 5) is 40.4. The molecule has 34 heavy (non-hydrogen) atoms. The number of benzene rings is 1. The molecular weight excluding hydrogens is 470 g/mol. The number of halogens is 1. The van der Waals surface area contributed by atoms with Crippen LogP contribution < -0.4 is 4.90 Å². The number of carbonyl (C=O) groups is 2. The molecule has 7 nitrogen and oxygen atoms in total. The molecular formula is C25H32ClN5O2S. The number of hydrogen-bond acceptors (Lipinski definition) is 6. The van der Waals surface area contributed by atoms with Crippen molar-refractivity contribution in [3.05, 3.63) is 46.6 Å². The summed E-state index contributed by atoms with van der Waals surface area (Å²) in [5, 5.41) is 0.858. The van der Waals surface area contributed by atoms with Crippen molar-refractivity contribution in [2.24, 2.45) is 5.92 Å². The Balaban J connectivity index is 1.35. The molecule has 182 valence electrons. The maximum Gasteiger partial charge on any atom is 0.233 e. The first-order chi connectivity index (χ1) is 16.3. The molecule has 2 amide bonds. The maximum atomic E-state index is 12.8. The van der Waals surface area contributed by atoms with Gasteiger partial charge >= 0.3 is 0 Å². The Labute approximate surface area is 210 Å². The summed E-state index contributed by atoms with van der Waals surface area (Å²) in [7, 11) is 0. The smallest absolute Gasteiger partial charge is 0.233 e. The molecule has 1 atom stereocenters. The largest absolute Gasteiger partial charge is 0.353 e. The fraction of sp³-hybridized carbons (Fsp3) is 0.520. The molecule has 1 fully saturated rings. The molecule has 1 aromatic heterocycles. The predicted molar refractivity (Wildman–Crippen MR) is 136 cm³/mol. The zero-order valence-corrected chi connectivity index (χ0v) is 21.6. The Hall–Kier alpha value is -2.32. The third-order valence-electron chi connectivity index (χ3n) is 6.32. The van der Waals surface area contributed by atoms with Gasteiger partial charge in [-0.1, -0.05) is 61.5 Å². The standard InChI is InChI=1S/C25H32ClN5O2S/c1-17(2)12-23(32)31-11-10-29(14-18(31)3)22-13-21(26)27-25(28-22)34-16-24(33)30-9-8-19-6-4-5-7-20(19)15-30/h4-7,13,17-18H,8-12,14-16H2,1-3H3. The highest BCUT2D eigenvalue weighted by Gasteiger charge is 2.29. The van der Waals surface area contributed by atoms with E-state index in [4.69, 9.17) is 11.6 Å². The van der Waals surface area contributed by atoms with Crippen molar-refractivity contribution in [1.29, 1.82) is 0 Å². The van der Waals surface area contributed by atoms with Gasteiger partial charge in [-0.3, -0.25) is 9.59 Å². The lowest BCUT2D eigenvalue weighted by Crippen LogP contribution is -2.54. The summed E-state index contributed by atoms with van der Waals surface area (Å²) >= 11 is 7.63. The van der Waals surface area contributed by atoms with Gasteiger partial charge in [-0.25, -0.2) is 9.97 Å². The predicted octanol–water partition coefficient (Wildman–Crippen LogP) is 3.89. The fourth-order valence-corrected chi connectivity index (χ4v) is 5.52. The molecule has 4 rings (SSSR count). The minimum Gasteiger partial charge on any atom is -0.353 e. The van der Waals surface area contributed by atoms with E-state index in [-0.39, 0.29) is 23.6 Å². The van der Waals surface area contributed by atoms with Crippen molar-refractivity contribution in [3.8, 4) is 0 Å². The van der Waals surface area contributed by atoms with Gasteiger partial charge in [0.05, 0.1) is 5.75 Å². The van der Waals surface area contributed by atoms with Crippen LogP contribution in [0.15, 0.2) is 35.5 Å². The van der Waals surface area contributed by atoms with Gasteiger partial charge in [-0.2, -0.15) is 0 Å². The molecule has 9 heteroatoms. The normalized spacial score (nSPS) is 18.3. The number of hydrogen-bond donors (Lipinski definition) is 0. The molecule has 2 aliphatic heterocycles. The first-order valence-corrected chi connectivity index (χ1v) is 13.2. The topological polar surface area (TPSA) is 69.6 Å². The van der Waals surface area contributed by atoms with E-state index in [2.05, 4.69) is 47.8 Å². The average molecular weight is 502 g/mol. The zero-order valence-electron chi connectivity index (χ0n) is 20.0. The van der Waals surface area contributed by atoms with Crippen LogP contribution in [0.4, 0.5) is 5.82 Å². The van der Waals surface area contributed by atoms with Gasteiger partial charge in [0.15, 0.2) is 5.16 Å². The second kappa shape index (κ2) is 11.0. The van der Waals surface area contributed by atoms with Gasteiger partial charge < -0.3 is 14.7 Å². The Morgan fingerprint density at radius 2 is 1.88 bits per heavy atom. The lowest BCUT2D eigenvalue weighted by atomic mass is 10.00. The highest BCUT2D eigenvalue weighted by atomic mass is 35.5. The highest BCUT2D eigenvalue weighted by Crippen LogP contribution is 2.26. The maximum absolute atomic E-state index is 12.8. The number of amides is 2. The Bertz CT molecular complexity index is 1050. The Morgan fingerprint density at radius 1 is 1.12 bits per heavy atom. The molecule has 2 aliphatic rings. The third-order valence-corrected chi connectivity index (χ3v) is 7.35. The number of rotatable bonds is 6. The summed E-state index contributed by atoms with van der Waals surface area (Å²) in [6.45, 7) is 9.62. The number of piperazine rings is 1. The van der Waals surface area contributed by atoms with Crippen LogP contribution in [0, 0.1) is 5.92 Å². The van der Waals surface area contributed by atoms with E-state index in [1.165, 1.54) is 22.9 Å². The van der Waals surface area contributed by atoms with Crippen LogP contribution in [0.3, 0.4) is 0 Å². The van der Waals surface area contributed by atoms with Gasteiger partial charge in [-0.15, -0.1) is 0 Å². The molecule has 1 aromatic carbocycles. The fourth-order valence-electron chi connectivity index (χ4n) is 4.54. The number of thioether (sulfide) groups is 1. The molecule has 0 N–H and O–H groups in total. The van der Waals surface area contributed by atoms with Gasteiger partial charge in [0.1, 0.15) is 11.0 Å². The van der Waals surface area contributed by atoms with Crippen LogP contribution in [-0.2, 0) is 22.6 Å². The SMILES string of the molecule is CC(C)CC(=O)N1CCN(c2cc(Cl)nc(SCC(=O)N3CCc4ccccc4C3)n2)CC1C. The molecule has 1 saturated heterocycles. The Kier molecular flexibility index (Phi) is 7.99. The summed E-state index contributed by atoms with van der Waals surface area (Å²) in [6.07, 6.45) is 1.45. The third kappa shape index (κ3) is 6.02. The number of fused-ring (bicyclic) bond motifs is 1. The summed E-state index contributed by atoms with van der Waals surface area (Å²) in [5.41, 5.74) is 2.54. The van der Waals surface area contributed by atoms with E-state index in [1.807, 2.05) is 21.9 Å². The number of nitrogens with zero attached hydrogens (tertiary/aromatic N) is 5. The van der Waals surface area contributed by atoms with Crippen molar-refractivity contribution >= 4 is 41.0 Å². The molecule has 0 spiro atoms. The van der Waals surface area contributed by atoms with Gasteiger partial charge in [0.25, 0.3) is 0 Å². The lowest BCUT2D eigenvalue weighted by molar-refractivity contribution is -0.134.